The van der Waals surface area contributed by atoms with Crippen LogP contribution in [0.25, 0.3) is 0 Å². The first kappa shape index (κ1) is 34.1. The molecule has 0 fully saturated rings. The maximum Gasteiger partial charge on any atom is 0.337 e. The molecule has 0 unspecified atom stereocenters. The highest BCUT2D eigenvalue weighted by Crippen LogP contribution is 2.40. The van der Waals surface area contributed by atoms with Gasteiger partial charge in [0, 0.05) is 36.7 Å². The van der Waals surface area contributed by atoms with E-state index in [1.807, 2.05) is 26.8 Å². The van der Waals surface area contributed by atoms with Crippen molar-refractivity contribution < 1.29 is 37.0 Å². The van der Waals surface area contributed by atoms with Crippen molar-refractivity contribution in [3.8, 4) is 11.5 Å². The molecule has 0 bridgehead atoms. The van der Waals surface area contributed by atoms with Gasteiger partial charge in [-0.1, -0.05) is 38.8 Å². The molecule has 11 nitrogen and oxygen atoms in total. The molecular weight excluding hydrogens is 574 g/mol. The number of rotatable bonds is 15. The van der Waals surface area contributed by atoms with E-state index in [9.17, 15) is 18.0 Å². The SMILES string of the molecule is CCOC(=O)CCCCCN(NS(=O)(=O)c1ccc(Cl)cc1)C(=O)Nc1cc(OC)cc(C(C)(C)C)c1OCOC. The Balaban J connectivity index is 2.36. The highest BCUT2D eigenvalue weighted by Gasteiger charge is 2.27. The number of amides is 2. The molecule has 2 N–H and O–H groups in total. The van der Waals surface area contributed by atoms with Gasteiger partial charge in [-0.15, -0.1) is 4.83 Å². The van der Waals surface area contributed by atoms with Gasteiger partial charge in [0.15, 0.2) is 6.79 Å². The highest BCUT2D eigenvalue weighted by atomic mass is 35.5. The zero-order chi connectivity index (χ0) is 30.6. The molecule has 41 heavy (non-hydrogen) atoms. The van der Waals surface area contributed by atoms with Gasteiger partial charge in [-0.05, 0) is 55.5 Å². The summed E-state index contributed by atoms with van der Waals surface area (Å²) in [6, 6.07) is 8.22. The van der Waals surface area contributed by atoms with Crippen LogP contribution in [0.15, 0.2) is 41.3 Å². The minimum absolute atomic E-state index is 0.0197. The van der Waals surface area contributed by atoms with Crippen molar-refractivity contribution in [1.82, 2.24) is 9.84 Å². The molecule has 2 aromatic rings. The van der Waals surface area contributed by atoms with Gasteiger partial charge in [0.2, 0.25) is 0 Å². The van der Waals surface area contributed by atoms with E-state index in [-0.39, 0.29) is 36.3 Å². The number of esters is 1. The summed E-state index contributed by atoms with van der Waals surface area (Å²) in [7, 11) is -1.15. The summed E-state index contributed by atoms with van der Waals surface area (Å²) in [5, 5.41) is 4.12. The molecule has 2 rings (SSSR count). The van der Waals surface area contributed by atoms with Crippen molar-refractivity contribution >= 4 is 39.3 Å². The Bertz CT molecular complexity index is 1260. The Morgan fingerprint density at radius 2 is 1.71 bits per heavy atom. The first-order valence-electron chi connectivity index (χ1n) is 13.2. The Kier molecular flexibility index (Phi) is 13.2. The molecule has 0 spiro atoms. The summed E-state index contributed by atoms with van der Waals surface area (Å²) in [6.07, 6.45) is 1.73. The molecule has 0 atom stereocenters. The number of ether oxygens (including phenoxy) is 4. The topological polar surface area (TPSA) is 132 Å². The number of urea groups is 1. The average Bonchev–Trinajstić information content (AvgIpc) is 2.90. The molecule has 0 saturated carbocycles. The lowest BCUT2D eigenvalue weighted by Crippen LogP contribution is -2.48. The second-order valence-electron chi connectivity index (χ2n) is 10.1. The molecule has 0 radical (unpaired) electrons. The zero-order valence-electron chi connectivity index (χ0n) is 24.4. The number of carbonyl (C=O) groups is 2. The predicted octanol–water partition coefficient (Wildman–Crippen LogP) is 5.48. The normalized spacial score (nSPS) is 11.6. The zero-order valence-corrected chi connectivity index (χ0v) is 26.0. The fourth-order valence-electron chi connectivity index (χ4n) is 3.78. The first-order chi connectivity index (χ1) is 19.3. The molecular formula is C28H40ClN3O8S. The number of methoxy groups -OCH3 is 2. The van der Waals surface area contributed by atoms with Gasteiger partial charge in [-0.25, -0.2) is 18.2 Å². The second kappa shape index (κ2) is 15.8. The third-order valence-corrected chi connectivity index (χ3v) is 7.44. The summed E-state index contributed by atoms with van der Waals surface area (Å²) < 4.78 is 47.7. The van der Waals surface area contributed by atoms with Crippen LogP contribution in [-0.2, 0) is 29.7 Å². The fourth-order valence-corrected chi connectivity index (χ4v) is 4.97. The van der Waals surface area contributed by atoms with Gasteiger partial charge in [0.25, 0.3) is 10.0 Å². The lowest BCUT2D eigenvalue weighted by Gasteiger charge is -2.27. The van der Waals surface area contributed by atoms with Crippen LogP contribution in [0.4, 0.5) is 10.5 Å². The maximum atomic E-state index is 13.6. The summed E-state index contributed by atoms with van der Waals surface area (Å²) in [5.74, 6) is 0.535. The number of hydrogen-bond donors (Lipinski definition) is 2. The average molecular weight is 614 g/mol. The van der Waals surface area contributed by atoms with E-state index in [1.54, 1.807) is 13.0 Å². The number of benzene rings is 2. The molecule has 0 aliphatic heterocycles. The van der Waals surface area contributed by atoms with E-state index in [0.717, 1.165) is 10.6 Å². The monoisotopic (exact) mass is 613 g/mol. The number of carbonyl (C=O) groups excluding carboxylic acids is 2. The molecule has 2 amide bonds. The van der Waals surface area contributed by atoms with Crippen LogP contribution in [0, 0.1) is 0 Å². The Labute approximate surface area is 247 Å². The number of sulfonamides is 1. The minimum Gasteiger partial charge on any atom is -0.497 e. The Hall–Kier alpha value is -3.06. The van der Waals surface area contributed by atoms with Crippen LogP contribution in [0.3, 0.4) is 0 Å². The minimum atomic E-state index is -4.14. The van der Waals surface area contributed by atoms with Crippen LogP contribution in [0.1, 0.15) is 58.9 Å². The van der Waals surface area contributed by atoms with Gasteiger partial charge < -0.3 is 24.3 Å². The summed E-state index contributed by atoms with van der Waals surface area (Å²) in [4.78, 5) is 27.5. The van der Waals surface area contributed by atoms with Crippen molar-refractivity contribution in [2.24, 2.45) is 0 Å². The predicted molar refractivity (Wildman–Crippen MR) is 157 cm³/mol. The van der Waals surface area contributed by atoms with E-state index in [4.69, 9.17) is 30.5 Å². The number of nitrogens with one attached hydrogen (secondary N) is 2. The highest BCUT2D eigenvalue weighted by molar-refractivity contribution is 7.89. The number of anilines is 1. The number of hydrazine groups is 1. The molecule has 13 heteroatoms. The molecule has 0 heterocycles. The molecule has 228 valence electrons. The van der Waals surface area contributed by atoms with E-state index in [1.165, 1.54) is 38.5 Å². The van der Waals surface area contributed by atoms with Crippen LogP contribution in [0.5, 0.6) is 11.5 Å². The van der Waals surface area contributed by atoms with Gasteiger partial charge in [-0.2, -0.15) is 0 Å². The lowest BCUT2D eigenvalue weighted by atomic mass is 9.85. The Morgan fingerprint density at radius 1 is 1.02 bits per heavy atom. The number of nitrogens with zero attached hydrogens (tertiary/aromatic N) is 1. The van der Waals surface area contributed by atoms with Gasteiger partial charge >= 0.3 is 12.0 Å². The van der Waals surface area contributed by atoms with Crippen molar-refractivity contribution in [1.29, 1.82) is 0 Å². The molecule has 2 aromatic carbocycles. The van der Waals surface area contributed by atoms with E-state index >= 15 is 0 Å². The van der Waals surface area contributed by atoms with Crippen LogP contribution < -0.4 is 19.6 Å². The smallest absolute Gasteiger partial charge is 0.337 e. The van der Waals surface area contributed by atoms with Gasteiger partial charge in [0.1, 0.15) is 11.5 Å². The van der Waals surface area contributed by atoms with E-state index < -0.39 is 21.5 Å². The van der Waals surface area contributed by atoms with Crippen LogP contribution in [0.2, 0.25) is 5.02 Å². The van der Waals surface area contributed by atoms with Crippen molar-refractivity contribution in [2.45, 2.75) is 63.7 Å². The molecule has 0 saturated heterocycles. The quantitative estimate of drug-likeness (QED) is 0.117. The summed E-state index contributed by atoms with van der Waals surface area (Å²) in [5.41, 5.74) is 0.622. The van der Waals surface area contributed by atoms with Crippen molar-refractivity contribution in [2.75, 3.05) is 39.5 Å². The number of hydrogen-bond acceptors (Lipinski definition) is 8. The van der Waals surface area contributed by atoms with Crippen LogP contribution in [-0.4, -0.2) is 59.6 Å². The number of halogens is 1. The molecule has 0 aromatic heterocycles. The maximum absolute atomic E-state index is 13.6. The van der Waals surface area contributed by atoms with E-state index in [2.05, 4.69) is 10.1 Å². The van der Waals surface area contributed by atoms with Gasteiger partial charge in [-0.3, -0.25) is 4.79 Å². The van der Waals surface area contributed by atoms with E-state index in [0.29, 0.717) is 42.4 Å². The van der Waals surface area contributed by atoms with Crippen molar-refractivity contribution in [3.05, 3.63) is 47.0 Å². The number of unbranched alkanes of at least 4 members (excludes halogenated alkanes) is 2. The third-order valence-electron chi connectivity index (χ3n) is 5.84. The van der Waals surface area contributed by atoms with Crippen molar-refractivity contribution in [3.63, 3.8) is 0 Å². The Morgan fingerprint density at radius 3 is 2.29 bits per heavy atom. The lowest BCUT2D eigenvalue weighted by molar-refractivity contribution is -0.143. The standard InChI is InChI=1S/C28H40ClN3O8S/c1-7-39-25(33)11-9-8-10-16-32(31-41(35,36)22-14-12-20(29)13-15-22)27(34)30-24-18-21(38-6)17-23(28(2,3)4)26(24)40-19-37-5/h12-15,17-18,31H,7-11,16,19H2,1-6H3,(H,30,34). The van der Waals surface area contributed by atoms with Gasteiger partial charge in [0.05, 0.1) is 24.3 Å². The molecule has 0 aliphatic rings. The summed E-state index contributed by atoms with van der Waals surface area (Å²) >= 11 is 5.92. The second-order valence-corrected chi connectivity index (χ2v) is 12.2. The largest absolute Gasteiger partial charge is 0.497 e. The molecule has 0 aliphatic carbocycles. The van der Waals surface area contributed by atoms with Crippen LogP contribution >= 0.6 is 11.6 Å². The fraction of sp³-hybridized carbons (Fsp3) is 0.500. The summed E-state index contributed by atoms with van der Waals surface area (Å²) in [6.45, 7) is 7.93. The first-order valence-corrected chi connectivity index (χ1v) is 15.0. The third kappa shape index (κ3) is 10.7.